The van der Waals surface area contributed by atoms with Crippen LogP contribution in [0.15, 0.2) is 18.2 Å². The SMILES string of the molecule is CCOc1sc2ccc(F)cc2c1N. The zero-order valence-electron chi connectivity index (χ0n) is 7.71. The van der Waals surface area contributed by atoms with Crippen LogP contribution in [-0.2, 0) is 0 Å². The van der Waals surface area contributed by atoms with Gasteiger partial charge in [-0.3, -0.25) is 0 Å². The predicted octanol–water partition coefficient (Wildman–Crippen LogP) is 3.02. The standard InChI is InChI=1S/C10H10FNOS/c1-2-13-10-9(12)7-5-6(11)3-4-8(7)14-10/h3-5H,2,12H2,1H3. The summed E-state index contributed by atoms with van der Waals surface area (Å²) in [6.45, 7) is 2.46. The third-order valence-corrected chi connectivity index (χ3v) is 3.03. The molecular weight excluding hydrogens is 201 g/mol. The van der Waals surface area contributed by atoms with E-state index >= 15 is 0 Å². The van der Waals surface area contributed by atoms with Crippen molar-refractivity contribution in [3.8, 4) is 5.06 Å². The Morgan fingerprint density at radius 1 is 1.50 bits per heavy atom. The molecule has 74 valence electrons. The second-order valence-electron chi connectivity index (χ2n) is 2.88. The molecule has 4 heteroatoms. The molecule has 2 nitrogen and oxygen atoms in total. The van der Waals surface area contributed by atoms with Crippen LogP contribution in [0.3, 0.4) is 0 Å². The minimum absolute atomic E-state index is 0.273. The first-order valence-electron chi connectivity index (χ1n) is 4.32. The molecule has 0 radical (unpaired) electrons. The number of ether oxygens (including phenoxy) is 1. The molecule has 0 aliphatic carbocycles. The number of halogens is 1. The van der Waals surface area contributed by atoms with Gasteiger partial charge in [0.1, 0.15) is 5.82 Å². The van der Waals surface area contributed by atoms with Gasteiger partial charge in [0.05, 0.1) is 12.3 Å². The highest BCUT2D eigenvalue weighted by Crippen LogP contribution is 2.40. The van der Waals surface area contributed by atoms with Crippen molar-refractivity contribution >= 4 is 27.1 Å². The van der Waals surface area contributed by atoms with E-state index in [4.69, 9.17) is 10.5 Å². The van der Waals surface area contributed by atoms with Gasteiger partial charge in [-0.05, 0) is 25.1 Å². The van der Waals surface area contributed by atoms with E-state index in [0.717, 1.165) is 10.1 Å². The van der Waals surface area contributed by atoms with Crippen molar-refractivity contribution in [1.82, 2.24) is 0 Å². The first-order chi connectivity index (χ1) is 6.72. The second-order valence-corrected chi connectivity index (χ2v) is 3.89. The van der Waals surface area contributed by atoms with E-state index in [2.05, 4.69) is 0 Å². The number of benzene rings is 1. The van der Waals surface area contributed by atoms with E-state index in [0.29, 0.717) is 17.4 Å². The van der Waals surface area contributed by atoms with Crippen molar-refractivity contribution in [3.63, 3.8) is 0 Å². The molecule has 2 rings (SSSR count). The van der Waals surface area contributed by atoms with Crippen LogP contribution in [-0.4, -0.2) is 6.61 Å². The smallest absolute Gasteiger partial charge is 0.198 e. The summed E-state index contributed by atoms with van der Waals surface area (Å²) in [6.07, 6.45) is 0. The number of nitrogen functional groups attached to an aromatic ring is 1. The lowest BCUT2D eigenvalue weighted by molar-refractivity contribution is 0.352. The molecule has 0 bridgehead atoms. The van der Waals surface area contributed by atoms with Crippen LogP contribution in [0, 0.1) is 5.82 Å². The summed E-state index contributed by atoms with van der Waals surface area (Å²) in [5.74, 6) is -0.273. The quantitative estimate of drug-likeness (QED) is 0.828. The molecule has 0 atom stereocenters. The van der Waals surface area contributed by atoms with E-state index in [-0.39, 0.29) is 5.82 Å². The Morgan fingerprint density at radius 3 is 3.00 bits per heavy atom. The number of anilines is 1. The van der Waals surface area contributed by atoms with Gasteiger partial charge in [0, 0.05) is 10.1 Å². The minimum atomic E-state index is -0.273. The summed E-state index contributed by atoms with van der Waals surface area (Å²) in [5.41, 5.74) is 6.35. The third-order valence-electron chi connectivity index (χ3n) is 1.93. The Bertz CT molecular complexity index is 466. The zero-order valence-corrected chi connectivity index (χ0v) is 8.53. The number of thiophene rings is 1. The van der Waals surface area contributed by atoms with Gasteiger partial charge >= 0.3 is 0 Å². The highest BCUT2D eigenvalue weighted by atomic mass is 32.1. The molecular formula is C10H10FNOS. The van der Waals surface area contributed by atoms with E-state index < -0.39 is 0 Å². The molecule has 2 N–H and O–H groups in total. The third kappa shape index (κ3) is 1.42. The van der Waals surface area contributed by atoms with Gasteiger partial charge in [-0.1, -0.05) is 11.3 Å². The van der Waals surface area contributed by atoms with E-state index in [1.165, 1.54) is 23.5 Å². The largest absolute Gasteiger partial charge is 0.483 e. The summed E-state index contributed by atoms with van der Waals surface area (Å²) in [4.78, 5) is 0. The molecule has 14 heavy (non-hydrogen) atoms. The van der Waals surface area contributed by atoms with Gasteiger partial charge in [-0.25, -0.2) is 4.39 Å². The molecule has 0 fully saturated rings. The lowest BCUT2D eigenvalue weighted by Gasteiger charge is -1.98. The molecule has 0 spiro atoms. The van der Waals surface area contributed by atoms with E-state index in [9.17, 15) is 4.39 Å². The number of fused-ring (bicyclic) bond motifs is 1. The van der Waals surface area contributed by atoms with Crippen molar-refractivity contribution in [2.45, 2.75) is 6.92 Å². The summed E-state index contributed by atoms with van der Waals surface area (Å²) in [5, 5.41) is 1.41. The van der Waals surface area contributed by atoms with Crippen molar-refractivity contribution < 1.29 is 9.13 Å². The van der Waals surface area contributed by atoms with Crippen molar-refractivity contribution in [2.75, 3.05) is 12.3 Å². The number of rotatable bonds is 2. The molecule has 1 heterocycles. The van der Waals surface area contributed by atoms with Gasteiger partial charge in [0.25, 0.3) is 0 Å². The second kappa shape index (κ2) is 3.46. The van der Waals surface area contributed by atoms with Crippen LogP contribution >= 0.6 is 11.3 Å². The van der Waals surface area contributed by atoms with Crippen molar-refractivity contribution in [3.05, 3.63) is 24.0 Å². The molecule has 0 saturated heterocycles. The average molecular weight is 211 g/mol. The topological polar surface area (TPSA) is 35.2 Å². The van der Waals surface area contributed by atoms with Crippen molar-refractivity contribution in [1.29, 1.82) is 0 Å². The molecule has 0 aliphatic rings. The molecule has 0 unspecified atom stereocenters. The maximum Gasteiger partial charge on any atom is 0.198 e. The van der Waals surface area contributed by atoms with E-state index in [1.54, 1.807) is 6.07 Å². The molecule has 1 aromatic heterocycles. The number of nitrogens with two attached hydrogens (primary N) is 1. The van der Waals surface area contributed by atoms with Gasteiger partial charge in [0.2, 0.25) is 0 Å². The lowest BCUT2D eigenvalue weighted by Crippen LogP contribution is -1.92. The monoisotopic (exact) mass is 211 g/mol. The Balaban J connectivity index is 2.62. The Labute approximate surface area is 85.1 Å². The first-order valence-corrected chi connectivity index (χ1v) is 5.14. The summed E-state index contributed by atoms with van der Waals surface area (Å²) >= 11 is 1.44. The minimum Gasteiger partial charge on any atom is -0.483 e. The Hall–Kier alpha value is -1.29. The highest BCUT2D eigenvalue weighted by molar-refractivity contribution is 7.21. The Morgan fingerprint density at radius 2 is 2.29 bits per heavy atom. The fraction of sp³-hybridized carbons (Fsp3) is 0.200. The van der Waals surface area contributed by atoms with Crippen molar-refractivity contribution in [2.24, 2.45) is 0 Å². The zero-order chi connectivity index (χ0) is 10.1. The van der Waals surface area contributed by atoms with Crippen LogP contribution < -0.4 is 10.5 Å². The van der Waals surface area contributed by atoms with Gasteiger partial charge in [-0.15, -0.1) is 0 Å². The number of hydrogen-bond donors (Lipinski definition) is 1. The van der Waals surface area contributed by atoms with E-state index in [1.807, 2.05) is 6.92 Å². The maximum absolute atomic E-state index is 12.9. The predicted molar refractivity (Wildman–Crippen MR) is 57.4 cm³/mol. The summed E-state index contributed by atoms with van der Waals surface area (Å²) in [6, 6.07) is 4.58. The molecule has 0 saturated carbocycles. The number of hydrogen-bond acceptors (Lipinski definition) is 3. The normalized spacial score (nSPS) is 10.7. The van der Waals surface area contributed by atoms with Gasteiger partial charge < -0.3 is 10.5 Å². The molecule has 0 aliphatic heterocycles. The van der Waals surface area contributed by atoms with Crippen LogP contribution in [0.1, 0.15) is 6.92 Å². The molecule has 1 aromatic carbocycles. The maximum atomic E-state index is 12.9. The first kappa shape index (κ1) is 9.27. The van der Waals surface area contributed by atoms with Crippen LogP contribution in [0.4, 0.5) is 10.1 Å². The lowest BCUT2D eigenvalue weighted by atomic mass is 10.2. The summed E-state index contributed by atoms with van der Waals surface area (Å²) in [7, 11) is 0. The molecule has 2 aromatic rings. The van der Waals surface area contributed by atoms with Crippen LogP contribution in [0.2, 0.25) is 0 Å². The Kier molecular flexibility index (Phi) is 2.29. The molecule has 0 amide bonds. The highest BCUT2D eigenvalue weighted by Gasteiger charge is 2.10. The fourth-order valence-corrected chi connectivity index (χ4v) is 2.32. The van der Waals surface area contributed by atoms with Gasteiger partial charge in [0.15, 0.2) is 5.06 Å². The average Bonchev–Trinajstić information content (AvgIpc) is 2.46. The summed E-state index contributed by atoms with van der Waals surface area (Å²) < 4.78 is 19.2. The van der Waals surface area contributed by atoms with Gasteiger partial charge in [-0.2, -0.15) is 0 Å². The fourth-order valence-electron chi connectivity index (χ4n) is 1.30. The van der Waals surface area contributed by atoms with Crippen LogP contribution in [0.5, 0.6) is 5.06 Å². The van der Waals surface area contributed by atoms with Crippen LogP contribution in [0.25, 0.3) is 10.1 Å².